The van der Waals surface area contributed by atoms with Crippen molar-refractivity contribution < 1.29 is 14.2 Å². The van der Waals surface area contributed by atoms with Crippen LogP contribution in [0.3, 0.4) is 0 Å². The largest absolute Gasteiger partial charge is 0.385 e. The van der Waals surface area contributed by atoms with Gasteiger partial charge in [-0.1, -0.05) is 17.3 Å². The van der Waals surface area contributed by atoms with E-state index in [0.717, 1.165) is 72.3 Å². The quantitative estimate of drug-likeness (QED) is 0.472. The highest BCUT2D eigenvalue weighted by Gasteiger charge is 2.43. The second-order valence-electron chi connectivity index (χ2n) is 10.2. The van der Waals surface area contributed by atoms with Gasteiger partial charge in [-0.2, -0.15) is 0 Å². The SMILES string of the molecule is Cc1nnn(C)c1-c1cnc2c3ccc([C@@](C)(O)C4CC4)c(F)c3n(CC3CCOCC3)c2c1. The monoisotopic (exact) mass is 463 g/mol. The molecule has 4 heterocycles. The van der Waals surface area contributed by atoms with E-state index < -0.39 is 5.60 Å². The molecule has 0 spiro atoms. The second kappa shape index (κ2) is 7.85. The van der Waals surface area contributed by atoms with E-state index in [0.29, 0.717) is 23.5 Å². The number of aliphatic hydroxyl groups is 1. The van der Waals surface area contributed by atoms with Crippen LogP contribution in [-0.4, -0.2) is 42.9 Å². The summed E-state index contributed by atoms with van der Waals surface area (Å²) >= 11 is 0. The normalized spacial score (nSPS) is 19.2. The van der Waals surface area contributed by atoms with Crippen LogP contribution in [-0.2, 0) is 23.9 Å². The van der Waals surface area contributed by atoms with Crippen molar-refractivity contribution in [2.75, 3.05) is 13.2 Å². The van der Waals surface area contributed by atoms with Crippen molar-refractivity contribution in [2.24, 2.45) is 18.9 Å². The van der Waals surface area contributed by atoms with Crippen molar-refractivity contribution in [1.29, 1.82) is 0 Å². The van der Waals surface area contributed by atoms with Gasteiger partial charge in [0, 0.05) is 49.5 Å². The molecule has 1 saturated carbocycles. The van der Waals surface area contributed by atoms with Crippen LogP contribution in [0.1, 0.15) is 43.9 Å². The first kappa shape index (κ1) is 21.7. The molecule has 2 aliphatic rings. The molecule has 178 valence electrons. The van der Waals surface area contributed by atoms with Gasteiger partial charge in [-0.25, -0.2) is 9.07 Å². The highest BCUT2D eigenvalue weighted by molar-refractivity contribution is 6.07. The third-order valence-electron chi connectivity index (χ3n) is 7.77. The van der Waals surface area contributed by atoms with Crippen LogP contribution >= 0.6 is 0 Å². The molecule has 6 rings (SSSR count). The van der Waals surface area contributed by atoms with Crippen molar-refractivity contribution in [3.63, 3.8) is 0 Å². The number of aryl methyl sites for hydroxylation is 2. The molecule has 1 aliphatic heterocycles. The van der Waals surface area contributed by atoms with E-state index in [1.165, 1.54) is 0 Å². The van der Waals surface area contributed by atoms with Gasteiger partial charge in [0.1, 0.15) is 0 Å². The Kier molecular flexibility index (Phi) is 5.00. The van der Waals surface area contributed by atoms with Crippen molar-refractivity contribution >= 4 is 21.9 Å². The van der Waals surface area contributed by atoms with E-state index in [4.69, 9.17) is 9.72 Å². The lowest BCUT2D eigenvalue weighted by atomic mass is 9.89. The van der Waals surface area contributed by atoms with Crippen LogP contribution in [0.5, 0.6) is 0 Å². The Morgan fingerprint density at radius 1 is 1.21 bits per heavy atom. The number of rotatable bonds is 5. The number of aromatic nitrogens is 5. The number of halogens is 1. The number of pyridine rings is 1. The van der Waals surface area contributed by atoms with Crippen molar-refractivity contribution in [2.45, 2.75) is 51.7 Å². The lowest BCUT2D eigenvalue weighted by Gasteiger charge is -2.26. The first-order valence-corrected chi connectivity index (χ1v) is 12.1. The Labute approximate surface area is 197 Å². The minimum Gasteiger partial charge on any atom is -0.385 e. The number of ether oxygens (including phenoxy) is 1. The topological polar surface area (TPSA) is 78.0 Å². The molecular formula is C26H30FN5O2. The molecule has 2 fully saturated rings. The van der Waals surface area contributed by atoms with Crippen LogP contribution < -0.4 is 0 Å². The summed E-state index contributed by atoms with van der Waals surface area (Å²) in [6, 6.07) is 5.75. The molecule has 1 aromatic carbocycles. The zero-order valence-electron chi connectivity index (χ0n) is 19.9. The summed E-state index contributed by atoms with van der Waals surface area (Å²) in [5.41, 5.74) is 4.03. The summed E-state index contributed by atoms with van der Waals surface area (Å²) in [5.74, 6) is 0.167. The Morgan fingerprint density at radius 3 is 2.65 bits per heavy atom. The standard InChI is InChI=1S/C26H30FN5O2/c1-15-24(31(3)30-29-15)17-12-21-23(28-13-17)19-6-7-20(26(2,33)18-4-5-18)22(27)25(19)32(21)14-16-8-10-34-11-9-16/h6-7,12-13,16,18,33H,4-5,8-11,14H2,1-3H3/t26-/m0/s1. The fourth-order valence-electron chi connectivity index (χ4n) is 5.63. The maximum Gasteiger partial charge on any atom is 0.153 e. The molecule has 0 unspecified atom stereocenters. The molecule has 7 nitrogen and oxygen atoms in total. The maximum atomic E-state index is 16.3. The molecule has 8 heteroatoms. The molecule has 1 aliphatic carbocycles. The first-order chi connectivity index (χ1) is 16.4. The number of benzene rings is 1. The third-order valence-corrected chi connectivity index (χ3v) is 7.77. The fraction of sp³-hybridized carbons (Fsp3) is 0.500. The van der Waals surface area contributed by atoms with Gasteiger partial charge in [-0.15, -0.1) is 5.10 Å². The van der Waals surface area contributed by atoms with Crippen LogP contribution in [0.2, 0.25) is 0 Å². The molecule has 0 radical (unpaired) electrons. The average Bonchev–Trinajstić information content (AvgIpc) is 3.58. The van der Waals surface area contributed by atoms with E-state index in [-0.39, 0.29) is 11.7 Å². The highest BCUT2D eigenvalue weighted by atomic mass is 19.1. The Bertz CT molecular complexity index is 1380. The number of hydrogen-bond donors (Lipinski definition) is 1. The third kappa shape index (κ3) is 3.34. The lowest BCUT2D eigenvalue weighted by molar-refractivity contribution is 0.0297. The summed E-state index contributed by atoms with van der Waals surface area (Å²) in [6.45, 7) is 5.82. The molecule has 1 atom stereocenters. The molecule has 3 aromatic heterocycles. The van der Waals surface area contributed by atoms with E-state index in [9.17, 15) is 5.11 Å². The van der Waals surface area contributed by atoms with Gasteiger partial charge in [-0.05, 0) is 57.4 Å². The first-order valence-electron chi connectivity index (χ1n) is 12.1. The van der Waals surface area contributed by atoms with Gasteiger partial charge in [0.25, 0.3) is 0 Å². The van der Waals surface area contributed by atoms with E-state index in [2.05, 4.69) is 20.9 Å². The molecule has 1 N–H and O–H groups in total. The summed E-state index contributed by atoms with van der Waals surface area (Å²) in [4.78, 5) is 4.80. The Hall–Kier alpha value is -2.84. The lowest BCUT2D eigenvalue weighted by Crippen LogP contribution is -2.26. The molecule has 34 heavy (non-hydrogen) atoms. The molecule has 0 bridgehead atoms. The van der Waals surface area contributed by atoms with Crippen molar-refractivity contribution in [3.8, 4) is 11.3 Å². The summed E-state index contributed by atoms with van der Waals surface area (Å²) < 4.78 is 25.6. The Morgan fingerprint density at radius 2 is 1.97 bits per heavy atom. The second-order valence-corrected chi connectivity index (χ2v) is 10.2. The Balaban J connectivity index is 1.59. The summed E-state index contributed by atoms with van der Waals surface area (Å²) in [7, 11) is 1.86. The van der Waals surface area contributed by atoms with E-state index in [1.807, 2.05) is 26.2 Å². The van der Waals surface area contributed by atoms with Crippen LogP contribution in [0, 0.1) is 24.6 Å². The van der Waals surface area contributed by atoms with Crippen molar-refractivity contribution in [1.82, 2.24) is 24.5 Å². The molecule has 1 saturated heterocycles. The van der Waals surface area contributed by atoms with E-state index in [1.54, 1.807) is 17.7 Å². The van der Waals surface area contributed by atoms with Gasteiger partial charge >= 0.3 is 0 Å². The number of nitrogens with zero attached hydrogens (tertiary/aromatic N) is 5. The smallest absolute Gasteiger partial charge is 0.153 e. The van der Waals surface area contributed by atoms with E-state index >= 15 is 4.39 Å². The number of hydrogen-bond acceptors (Lipinski definition) is 5. The van der Waals surface area contributed by atoms with Crippen LogP contribution in [0.15, 0.2) is 24.4 Å². The zero-order valence-corrected chi connectivity index (χ0v) is 19.9. The fourth-order valence-corrected chi connectivity index (χ4v) is 5.63. The maximum absolute atomic E-state index is 16.3. The van der Waals surface area contributed by atoms with Gasteiger partial charge in [0.15, 0.2) is 5.82 Å². The molecular weight excluding hydrogens is 433 g/mol. The van der Waals surface area contributed by atoms with Gasteiger partial charge < -0.3 is 14.4 Å². The highest BCUT2D eigenvalue weighted by Crippen LogP contribution is 2.47. The predicted molar refractivity (Wildman–Crippen MR) is 128 cm³/mol. The van der Waals surface area contributed by atoms with Crippen LogP contribution in [0.4, 0.5) is 4.39 Å². The average molecular weight is 464 g/mol. The zero-order chi connectivity index (χ0) is 23.6. The minimum atomic E-state index is -1.17. The van der Waals surface area contributed by atoms with Gasteiger partial charge in [0.05, 0.1) is 33.5 Å². The molecule has 0 amide bonds. The predicted octanol–water partition coefficient (Wildman–Crippen LogP) is 4.48. The minimum absolute atomic E-state index is 0.109. The molecule has 4 aromatic rings. The van der Waals surface area contributed by atoms with Crippen LogP contribution in [0.25, 0.3) is 33.2 Å². The van der Waals surface area contributed by atoms with Gasteiger partial charge in [0.2, 0.25) is 0 Å². The summed E-state index contributed by atoms with van der Waals surface area (Å²) in [5, 5.41) is 20.3. The van der Waals surface area contributed by atoms with Crippen molar-refractivity contribution in [3.05, 3.63) is 41.5 Å². The van der Waals surface area contributed by atoms with Gasteiger partial charge in [-0.3, -0.25) is 4.98 Å². The summed E-state index contributed by atoms with van der Waals surface area (Å²) in [6.07, 6.45) is 5.57. The number of fused-ring (bicyclic) bond motifs is 3.